The van der Waals surface area contributed by atoms with Crippen molar-refractivity contribution in [1.82, 2.24) is 0 Å². The molecule has 0 rings (SSSR count). The van der Waals surface area contributed by atoms with Gasteiger partial charge >= 0.3 is 5.97 Å². The Morgan fingerprint density at radius 2 is 1.82 bits per heavy atom. The largest absolute Gasteiger partial charge is 1.00 e. The van der Waals surface area contributed by atoms with Crippen molar-refractivity contribution in [1.29, 1.82) is 0 Å². The van der Waals surface area contributed by atoms with Crippen molar-refractivity contribution in [2.75, 3.05) is 32.8 Å². The molecule has 102 valence electrons. The maximum atomic E-state index is 10.8. The van der Waals surface area contributed by atoms with Crippen LogP contribution in [-0.2, 0) is 9.53 Å². The lowest BCUT2D eigenvalue weighted by molar-refractivity contribution is -0.926. The molecule has 1 atom stereocenters. The summed E-state index contributed by atoms with van der Waals surface area (Å²) in [5.41, 5.74) is 0. The fourth-order valence-corrected chi connectivity index (χ4v) is 1.80. The molecular formula is C12H24INO3. The van der Waals surface area contributed by atoms with E-state index in [2.05, 4.69) is 27.4 Å². The van der Waals surface area contributed by atoms with E-state index in [1.54, 1.807) is 0 Å². The van der Waals surface area contributed by atoms with Crippen LogP contribution in [0.25, 0.3) is 0 Å². The molecule has 0 aliphatic carbocycles. The Kier molecular flexibility index (Phi) is 11.1. The summed E-state index contributed by atoms with van der Waals surface area (Å²) >= 11 is 0. The highest BCUT2D eigenvalue weighted by Crippen LogP contribution is 2.07. The highest BCUT2D eigenvalue weighted by atomic mass is 127. The molecule has 0 radical (unpaired) electrons. The number of nitrogens with zero attached hydrogens (tertiary/aromatic N) is 1. The number of carbonyl (C=O) groups excluding carboxylic acids is 1. The van der Waals surface area contributed by atoms with Crippen molar-refractivity contribution in [3.05, 3.63) is 12.7 Å². The van der Waals surface area contributed by atoms with Crippen LogP contribution >= 0.6 is 0 Å². The lowest BCUT2D eigenvalue weighted by Gasteiger charge is -2.37. The van der Waals surface area contributed by atoms with Gasteiger partial charge in [-0.05, 0) is 20.8 Å². The number of ether oxygens (including phenoxy) is 1. The Morgan fingerprint density at radius 3 is 2.18 bits per heavy atom. The molecular weight excluding hydrogens is 333 g/mol. The molecule has 1 N–H and O–H groups in total. The van der Waals surface area contributed by atoms with Gasteiger partial charge in [0.05, 0.1) is 19.6 Å². The Bertz CT molecular complexity index is 222. The zero-order valence-electron chi connectivity index (χ0n) is 11.0. The SMILES string of the molecule is C=CC(=O)OCC(O)C[N+](CC)(CC)CC.[I-]. The molecule has 0 amide bonds. The summed E-state index contributed by atoms with van der Waals surface area (Å²) in [5, 5.41) is 9.80. The van der Waals surface area contributed by atoms with Gasteiger partial charge < -0.3 is 38.3 Å². The average Bonchev–Trinajstić information content (AvgIpc) is 2.33. The van der Waals surface area contributed by atoms with Gasteiger partial charge in [0, 0.05) is 6.08 Å². The second kappa shape index (κ2) is 9.85. The van der Waals surface area contributed by atoms with Crippen molar-refractivity contribution in [2.45, 2.75) is 26.9 Å². The lowest BCUT2D eigenvalue weighted by atomic mass is 10.2. The van der Waals surface area contributed by atoms with Crippen molar-refractivity contribution in [3.63, 3.8) is 0 Å². The van der Waals surface area contributed by atoms with Gasteiger partial charge in [0.25, 0.3) is 0 Å². The van der Waals surface area contributed by atoms with Crippen LogP contribution in [0.5, 0.6) is 0 Å². The van der Waals surface area contributed by atoms with Gasteiger partial charge in [0.2, 0.25) is 0 Å². The molecule has 0 fully saturated rings. The molecule has 0 aromatic carbocycles. The monoisotopic (exact) mass is 357 g/mol. The summed E-state index contributed by atoms with van der Waals surface area (Å²) in [5.74, 6) is -0.485. The fraction of sp³-hybridized carbons (Fsp3) is 0.750. The van der Waals surface area contributed by atoms with Gasteiger partial charge in [-0.25, -0.2) is 4.79 Å². The quantitative estimate of drug-likeness (QED) is 0.236. The van der Waals surface area contributed by atoms with Crippen LogP contribution in [0.3, 0.4) is 0 Å². The number of quaternary nitrogens is 1. The Morgan fingerprint density at radius 1 is 1.35 bits per heavy atom. The molecule has 0 bridgehead atoms. The van der Waals surface area contributed by atoms with E-state index in [1.807, 2.05) is 0 Å². The summed E-state index contributed by atoms with van der Waals surface area (Å²) < 4.78 is 5.66. The average molecular weight is 357 g/mol. The highest BCUT2D eigenvalue weighted by molar-refractivity contribution is 5.81. The molecule has 0 spiro atoms. The summed E-state index contributed by atoms with van der Waals surface area (Å²) in [6.45, 7) is 13.2. The lowest BCUT2D eigenvalue weighted by Crippen LogP contribution is -3.00. The zero-order valence-corrected chi connectivity index (χ0v) is 13.1. The minimum atomic E-state index is -0.608. The van der Waals surface area contributed by atoms with Gasteiger partial charge in [0.15, 0.2) is 0 Å². The smallest absolute Gasteiger partial charge is 0.330 e. The van der Waals surface area contributed by atoms with Gasteiger partial charge in [0.1, 0.15) is 19.3 Å². The summed E-state index contributed by atoms with van der Waals surface area (Å²) in [7, 11) is 0. The number of aliphatic hydroxyl groups excluding tert-OH is 1. The van der Waals surface area contributed by atoms with E-state index in [-0.39, 0.29) is 30.6 Å². The molecule has 1 unspecified atom stereocenters. The van der Waals surface area contributed by atoms with E-state index in [1.165, 1.54) is 0 Å². The van der Waals surface area contributed by atoms with E-state index >= 15 is 0 Å². The number of carbonyl (C=O) groups is 1. The first-order chi connectivity index (χ1) is 7.53. The third-order valence-electron chi connectivity index (χ3n) is 3.20. The number of halogens is 1. The number of rotatable bonds is 8. The number of aliphatic hydroxyl groups is 1. The number of esters is 1. The van der Waals surface area contributed by atoms with Gasteiger partial charge in [-0.2, -0.15) is 0 Å². The predicted molar refractivity (Wildman–Crippen MR) is 63.9 cm³/mol. The van der Waals surface area contributed by atoms with Gasteiger partial charge in [-0.3, -0.25) is 0 Å². The van der Waals surface area contributed by atoms with Crippen molar-refractivity contribution in [3.8, 4) is 0 Å². The summed E-state index contributed by atoms with van der Waals surface area (Å²) in [6, 6.07) is 0. The van der Waals surface area contributed by atoms with Crippen molar-refractivity contribution in [2.24, 2.45) is 0 Å². The van der Waals surface area contributed by atoms with E-state index in [4.69, 9.17) is 4.74 Å². The minimum absolute atomic E-state index is 0. The Balaban J connectivity index is 0. The van der Waals surface area contributed by atoms with Crippen LogP contribution in [0.4, 0.5) is 0 Å². The van der Waals surface area contributed by atoms with Crippen molar-refractivity contribution < 1.29 is 43.1 Å². The number of hydrogen-bond donors (Lipinski definition) is 1. The third-order valence-corrected chi connectivity index (χ3v) is 3.20. The van der Waals surface area contributed by atoms with Crippen LogP contribution in [0.15, 0.2) is 12.7 Å². The molecule has 0 saturated heterocycles. The molecule has 0 aromatic rings. The van der Waals surface area contributed by atoms with Crippen LogP contribution in [0.1, 0.15) is 20.8 Å². The maximum absolute atomic E-state index is 10.8. The maximum Gasteiger partial charge on any atom is 0.330 e. The Labute approximate surface area is 121 Å². The normalized spacial score (nSPS) is 12.5. The number of hydrogen-bond acceptors (Lipinski definition) is 3. The first kappa shape index (κ1) is 19.2. The third kappa shape index (κ3) is 7.00. The van der Waals surface area contributed by atoms with Crippen LogP contribution in [-0.4, -0.2) is 54.4 Å². The van der Waals surface area contributed by atoms with E-state index in [0.717, 1.165) is 30.2 Å². The molecule has 0 heterocycles. The van der Waals surface area contributed by atoms with E-state index in [0.29, 0.717) is 6.54 Å². The molecule has 4 nitrogen and oxygen atoms in total. The summed E-state index contributed by atoms with van der Waals surface area (Å²) in [6.07, 6.45) is 0.498. The second-order valence-corrected chi connectivity index (χ2v) is 3.96. The molecule has 5 heteroatoms. The van der Waals surface area contributed by atoms with Crippen molar-refractivity contribution >= 4 is 5.97 Å². The predicted octanol–water partition coefficient (Wildman–Crippen LogP) is -2.04. The first-order valence-electron chi connectivity index (χ1n) is 5.85. The molecule has 0 aliphatic rings. The molecule has 0 aliphatic heterocycles. The molecule has 0 aromatic heterocycles. The topological polar surface area (TPSA) is 46.5 Å². The second-order valence-electron chi connectivity index (χ2n) is 3.96. The van der Waals surface area contributed by atoms with E-state index in [9.17, 15) is 9.90 Å². The van der Waals surface area contributed by atoms with Gasteiger partial charge in [-0.15, -0.1) is 0 Å². The van der Waals surface area contributed by atoms with Crippen LogP contribution in [0.2, 0.25) is 0 Å². The fourth-order valence-electron chi connectivity index (χ4n) is 1.80. The molecule has 0 saturated carbocycles. The molecule has 17 heavy (non-hydrogen) atoms. The zero-order chi connectivity index (χ0) is 12.6. The van der Waals surface area contributed by atoms with Crippen LogP contribution in [0, 0.1) is 0 Å². The number of likely N-dealkylation sites (N-methyl/N-ethyl adjacent to an activating group) is 1. The standard InChI is InChI=1S/C12H24NO3.HI/c1-5-12(15)16-10-11(14)9-13(6-2,7-3)8-4;/h5,11,14H,1,6-10H2,2-4H3;1H/q+1;/p-1. The summed E-state index contributed by atoms with van der Waals surface area (Å²) in [4.78, 5) is 10.8. The first-order valence-corrected chi connectivity index (χ1v) is 5.85. The van der Waals surface area contributed by atoms with E-state index < -0.39 is 12.1 Å². The van der Waals surface area contributed by atoms with Crippen LogP contribution < -0.4 is 24.0 Å². The highest BCUT2D eigenvalue weighted by Gasteiger charge is 2.25. The minimum Gasteiger partial charge on any atom is -1.00 e. The van der Waals surface area contributed by atoms with Gasteiger partial charge in [-0.1, -0.05) is 6.58 Å². The Hall–Kier alpha value is -0.140.